The van der Waals surface area contributed by atoms with Gasteiger partial charge in [0.05, 0.1) is 11.4 Å². The Morgan fingerprint density at radius 1 is 1.00 bits per heavy atom. The molecule has 1 aliphatic heterocycles. The van der Waals surface area contributed by atoms with Crippen LogP contribution in [0, 0.1) is 0 Å². The second kappa shape index (κ2) is 9.00. The lowest BCUT2D eigenvalue weighted by molar-refractivity contribution is -0.117. The Hall–Kier alpha value is -3.77. The second-order valence-electron chi connectivity index (χ2n) is 8.09. The second-order valence-corrected chi connectivity index (χ2v) is 8.36. The molecular weight excluding hydrogens is 436 g/mol. The molecule has 0 aliphatic carbocycles. The minimum absolute atomic E-state index is 0.0232. The molecule has 2 heterocycles. The molecule has 0 saturated heterocycles. The first-order chi connectivity index (χ1) is 16.1. The molecule has 5 rings (SSSR count). The van der Waals surface area contributed by atoms with Gasteiger partial charge in [0.25, 0.3) is 0 Å². The fourth-order valence-corrected chi connectivity index (χ4v) is 4.41. The van der Waals surface area contributed by atoms with E-state index in [4.69, 9.17) is 11.6 Å². The Balaban J connectivity index is 1.46. The van der Waals surface area contributed by atoms with Gasteiger partial charge >= 0.3 is 0 Å². The quantitative estimate of drug-likeness (QED) is 0.359. The van der Waals surface area contributed by atoms with Crippen LogP contribution in [0.4, 0.5) is 17.1 Å². The number of anilines is 3. The van der Waals surface area contributed by atoms with Gasteiger partial charge in [0.1, 0.15) is 11.9 Å². The average molecular weight is 459 g/mol. The number of benzene rings is 3. The fraction of sp³-hybridized carbons (Fsp3) is 0.154. The number of H-pyrrole nitrogens is 1. The van der Waals surface area contributed by atoms with Gasteiger partial charge in [-0.15, -0.1) is 11.6 Å². The van der Waals surface area contributed by atoms with Gasteiger partial charge in [-0.1, -0.05) is 42.5 Å². The van der Waals surface area contributed by atoms with Gasteiger partial charge < -0.3 is 20.5 Å². The number of fused-ring (bicyclic) bond motifs is 2. The monoisotopic (exact) mass is 458 g/mol. The maximum atomic E-state index is 13.2. The smallest absolute Gasteiger partial charge is 0.247 e. The number of hydrogen-bond acceptors (Lipinski definition) is 3. The fourth-order valence-electron chi connectivity index (χ4n) is 4.35. The van der Waals surface area contributed by atoms with Crippen LogP contribution in [0.15, 0.2) is 79.0 Å². The normalized spacial score (nSPS) is 15.2. The molecule has 1 aromatic heterocycles. The molecule has 1 atom stereocenters. The molecule has 1 unspecified atom stereocenters. The SMILES string of the molecule is O=C(CCl)Nc1ccc(CN2c3ccccc3NC(=O)C2Cc2c[nH]c3ccccc23)cc1. The van der Waals surface area contributed by atoms with Crippen molar-refractivity contribution in [1.82, 2.24) is 4.98 Å². The number of amides is 2. The summed E-state index contributed by atoms with van der Waals surface area (Å²) in [5.74, 6) is -0.355. The van der Waals surface area contributed by atoms with E-state index in [-0.39, 0.29) is 23.7 Å². The summed E-state index contributed by atoms with van der Waals surface area (Å²) in [4.78, 5) is 30.2. The van der Waals surface area contributed by atoms with Crippen molar-refractivity contribution in [3.63, 3.8) is 0 Å². The molecule has 0 fully saturated rings. The van der Waals surface area contributed by atoms with Crippen LogP contribution in [0.2, 0.25) is 0 Å². The molecule has 0 radical (unpaired) electrons. The summed E-state index contributed by atoms with van der Waals surface area (Å²) in [6.07, 6.45) is 2.57. The van der Waals surface area contributed by atoms with Crippen LogP contribution in [-0.4, -0.2) is 28.7 Å². The molecule has 3 aromatic carbocycles. The molecule has 166 valence electrons. The Morgan fingerprint density at radius 2 is 1.76 bits per heavy atom. The minimum Gasteiger partial charge on any atom is -0.361 e. The summed E-state index contributed by atoms with van der Waals surface area (Å²) in [7, 11) is 0. The molecule has 1 aliphatic rings. The van der Waals surface area contributed by atoms with Crippen LogP contribution in [0.3, 0.4) is 0 Å². The average Bonchev–Trinajstić information content (AvgIpc) is 3.25. The van der Waals surface area contributed by atoms with Gasteiger partial charge in [-0.05, 0) is 41.5 Å². The molecule has 2 amide bonds. The van der Waals surface area contributed by atoms with E-state index in [1.807, 2.05) is 72.9 Å². The van der Waals surface area contributed by atoms with Crippen molar-refractivity contribution in [2.45, 2.75) is 19.0 Å². The molecule has 7 heteroatoms. The highest BCUT2D eigenvalue weighted by Crippen LogP contribution is 2.35. The number of alkyl halides is 1. The Bertz CT molecular complexity index is 1320. The highest BCUT2D eigenvalue weighted by Gasteiger charge is 2.33. The number of aromatic amines is 1. The van der Waals surface area contributed by atoms with E-state index in [1.165, 1.54) is 0 Å². The Labute approximate surface area is 196 Å². The van der Waals surface area contributed by atoms with E-state index in [1.54, 1.807) is 0 Å². The van der Waals surface area contributed by atoms with Crippen LogP contribution in [0.5, 0.6) is 0 Å². The zero-order valence-electron chi connectivity index (χ0n) is 17.8. The van der Waals surface area contributed by atoms with Gasteiger partial charge in [0, 0.05) is 35.8 Å². The number of rotatable bonds is 6. The number of nitrogens with one attached hydrogen (secondary N) is 3. The molecular formula is C26H23ClN4O2. The van der Waals surface area contributed by atoms with Gasteiger partial charge in [-0.2, -0.15) is 0 Å². The van der Waals surface area contributed by atoms with Crippen LogP contribution >= 0.6 is 11.6 Å². The van der Waals surface area contributed by atoms with Crippen molar-refractivity contribution < 1.29 is 9.59 Å². The molecule has 0 saturated carbocycles. The number of halogens is 1. The largest absolute Gasteiger partial charge is 0.361 e. The van der Waals surface area contributed by atoms with Crippen molar-refractivity contribution in [1.29, 1.82) is 0 Å². The summed E-state index contributed by atoms with van der Waals surface area (Å²) in [6.45, 7) is 0.557. The summed E-state index contributed by atoms with van der Waals surface area (Å²) in [5, 5.41) is 6.95. The van der Waals surface area contributed by atoms with Crippen molar-refractivity contribution >= 4 is 51.4 Å². The van der Waals surface area contributed by atoms with Crippen molar-refractivity contribution in [2.75, 3.05) is 21.4 Å². The van der Waals surface area contributed by atoms with Crippen LogP contribution in [0.25, 0.3) is 10.9 Å². The molecule has 3 N–H and O–H groups in total. The molecule has 0 spiro atoms. The summed E-state index contributed by atoms with van der Waals surface area (Å²) in [5.41, 5.74) is 5.69. The zero-order valence-corrected chi connectivity index (χ0v) is 18.6. The third kappa shape index (κ3) is 4.30. The third-order valence-corrected chi connectivity index (χ3v) is 6.19. The van der Waals surface area contributed by atoms with E-state index in [2.05, 4.69) is 26.6 Å². The topological polar surface area (TPSA) is 77.2 Å². The first kappa shape index (κ1) is 21.1. The van der Waals surface area contributed by atoms with Crippen molar-refractivity contribution in [3.8, 4) is 0 Å². The predicted molar refractivity (Wildman–Crippen MR) is 133 cm³/mol. The first-order valence-corrected chi connectivity index (χ1v) is 11.3. The lowest BCUT2D eigenvalue weighted by Crippen LogP contribution is -2.49. The van der Waals surface area contributed by atoms with Crippen molar-refractivity contribution in [2.24, 2.45) is 0 Å². The minimum atomic E-state index is -0.366. The lowest BCUT2D eigenvalue weighted by Gasteiger charge is -2.38. The first-order valence-electron chi connectivity index (χ1n) is 10.8. The van der Waals surface area contributed by atoms with Gasteiger partial charge in [0.15, 0.2) is 0 Å². The van der Waals surface area contributed by atoms with Gasteiger partial charge in [-0.25, -0.2) is 0 Å². The molecule has 4 aromatic rings. The molecule has 0 bridgehead atoms. The number of carbonyl (C=O) groups excluding carboxylic acids is 2. The van der Waals surface area contributed by atoms with Crippen LogP contribution in [-0.2, 0) is 22.6 Å². The van der Waals surface area contributed by atoms with E-state index in [0.717, 1.165) is 33.4 Å². The number of hydrogen-bond donors (Lipinski definition) is 3. The molecule has 33 heavy (non-hydrogen) atoms. The lowest BCUT2D eigenvalue weighted by atomic mass is 9.98. The zero-order chi connectivity index (χ0) is 22.8. The maximum absolute atomic E-state index is 13.2. The highest BCUT2D eigenvalue weighted by molar-refractivity contribution is 6.29. The third-order valence-electron chi connectivity index (χ3n) is 5.95. The van der Waals surface area contributed by atoms with E-state index >= 15 is 0 Å². The Kier molecular flexibility index (Phi) is 5.75. The van der Waals surface area contributed by atoms with Gasteiger partial charge in [0.2, 0.25) is 11.8 Å². The van der Waals surface area contributed by atoms with E-state index in [9.17, 15) is 9.59 Å². The molecule has 6 nitrogen and oxygen atoms in total. The number of nitrogens with zero attached hydrogens (tertiary/aromatic N) is 1. The van der Waals surface area contributed by atoms with Crippen molar-refractivity contribution in [3.05, 3.63) is 90.1 Å². The number of carbonyl (C=O) groups is 2. The maximum Gasteiger partial charge on any atom is 0.247 e. The van der Waals surface area contributed by atoms with Crippen LogP contribution < -0.4 is 15.5 Å². The summed E-state index contributed by atoms with van der Waals surface area (Å²) >= 11 is 5.58. The summed E-state index contributed by atoms with van der Waals surface area (Å²) < 4.78 is 0. The van der Waals surface area contributed by atoms with Crippen LogP contribution in [0.1, 0.15) is 11.1 Å². The Morgan fingerprint density at radius 3 is 2.58 bits per heavy atom. The standard InChI is InChI=1S/C26H23ClN4O2/c27-14-25(32)29-19-11-9-17(10-12-19)16-31-23-8-4-3-7-22(23)30-26(33)24(31)13-18-15-28-21-6-2-1-5-20(18)21/h1-12,15,24,28H,13-14,16H2,(H,29,32)(H,30,33). The predicted octanol–water partition coefficient (Wildman–Crippen LogP) is 4.92. The van der Waals surface area contributed by atoms with Gasteiger partial charge in [-0.3, -0.25) is 9.59 Å². The summed E-state index contributed by atoms with van der Waals surface area (Å²) in [6, 6.07) is 23.2. The number of aromatic nitrogens is 1. The highest BCUT2D eigenvalue weighted by atomic mass is 35.5. The van der Waals surface area contributed by atoms with E-state index in [0.29, 0.717) is 18.7 Å². The van der Waals surface area contributed by atoms with E-state index < -0.39 is 0 Å². The number of para-hydroxylation sites is 3.